The first-order valence-corrected chi connectivity index (χ1v) is 29.3. The molecule has 0 radical (unpaired) electrons. The van der Waals surface area contributed by atoms with Crippen LogP contribution in [-0.2, 0) is 33.5 Å². The van der Waals surface area contributed by atoms with E-state index in [1.807, 2.05) is 48.5 Å². The van der Waals surface area contributed by atoms with Crippen LogP contribution in [0.1, 0.15) is 87.3 Å². The average molecular weight is 1230 g/mol. The molecule has 7 rings (SSSR count). The number of hydrogen-bond acceptors (Lipinski definition) is 17. The van der Waals surface area contributed by atoms with Crippen molar-refractivity contribution < 1.29 is 93.9 Å². The van der Waals surface area contributed by atoms with Gasteiger partial charge in [0.25, 0.3) is 5.91 Å². The first-order valence-electron chi connectivity index (χ1n) is 31.3. The SMILES string of the molecule is [2H]C([2H])(O[C@H]1NC(=O)[C@@H]2[C@@H](O)[C@@H](C)CN2C(=O)[C@H]([C@@H](C)O)NC(=O)[C@H]([C@H](O)[C@@H](O)c2ccc(O)cc2)NC(=O)[C@@H]2C[C@@H](O)CN2C(=O)[C@H]([C@@H](C)O)NC(=O)[C@@H](NC(=O)c2ccc(-c3ccc(-c4ccc(OCCCCC)cc4)cc3)cc2)C[C@H]1O)C([2H])([2H])[N+](C)(C)C. The van der Waals surface area contributed by atoms with E-state index < -0.39 is 176 Å². The molecule has 13 N–H and O–H groups in total. The third kappa shape index (κ3) is 17.2. The minimum Gasteiger partial charge on any atom is -0.508 e. The van der Waals surface area contributed by atoms with Crippen LogP contribution in [0.3, 0.4) is 0 Å². The molecule has 3 saturated heterocycles. The Bertz CT molecular complexity index is 3230. The Hall–Kier alpha value is -7.59. The average Bonchev–Trinajstić information content (AvgIpc) is 1.26. The van der Waals surface area contributed by atoms with Crippen molar-refractivity contribution in [2.75, 3.05) is 53.9 Å². The van der Waals surface area contributed by atoms with E-state index in [9.17, 15) is 74.4 Å². The molecule has 0 aliphatic carbocycles. The first kappa shape index (κ1) is 62.0. The van der Waals surface area contributed by atoms with Gasteiger partial charge in [-0.3, -0.25) is 33.6 Å². The van der Waals surface area contributed by atoms with E-state index in [0.29, 0.717) is 12.2 Å². The number of nitrogens with one attached hydrogen (secondary N) is 5. The van der Waals surface area contributed by atoms with Crippen LogP contribution in [0.15, 0.2) is 97.1 Å². The Morgan fingerprint density at radius 3 is 1.77 bits per heavy atom. The van der Waals surface area contributed by atoms with Gasteiger partial charge in [0, 0.05) is 37.4 Å². The number of quaternary nitrogens is 1. The number of phenols is 1. The molecule has 0 bridgehead atoms. The lowest BCUT2D eigenvalue weighted by atomic mass is 9.96. The highest BCUT2D eigenvalue weighted by Crippen LogP contribution is 2.30. The number of ether oxygens (including phenoxy) is 2. The summed E-state index contributed by atoms with van der Waals surface area (Å²) in [6.45, 7) is -1.38. The molecule has 3 aliphatic rings. The minimum absolute atomic E-state index is 0.0692. The van der Waals surface area contributed by atoms with Crippen LogP contribution in [0.4, 0.5) is 0 Å². The van der Waals surface area contributed by atoms with E-state index in [4.69, 9.17) is 15.0 Å². The highest BCUT2D eigenvalue weighted by Gasteiger charge is 2.50. The zero-order valence-electron chi connectivity index (χ0n) is 54.1. The summed E-state index contributed by atoms with van der Waals surface area (Å²) in [5, 5.41) is 102. The Morgan fingerprint density at radius 2 is 1.22 bits per heavy atom. The number of carbonyl (C=O) groups excluding carboxylic acids is 7. The number of aromatic hydroxyl groups is 1. The molecule has 4 aromatic rings. The van der Waals surface area contributed by atoms with Gasteiger partial charge in [0.05, 0.1) is 64.2 Å². The fourth-order valence-corrected chi connectivity index (χ4v) is 10.5. The smallest absolute Gasteiger partial charge is 0.251 e. The number of unbranched alkanes of at least 4 members (excludes halogenated alkanes) is 2. The van der Waals surface area contributed by atoms with Gasteiger partial charge in [-0.25, -0.2) is 0 Å². The molecule has 25 nitrogen and oxygen atoms in total. The van der Waals surface area contributed by atoms with Crippen molar-refractivity contribution >= 4 is 41.4 Å². The zero-order chi connectivity index (χ0) is 67.9. The summed E-state index contributed by atoms with van der Waals surface area (Å²) in [7, 11) is 3.81. The Kier molecular flexibility index (Phi) is 21.2. The monoisotopic (exact) mass is 1230 g/mol. The summed E-state index contributed by atoms with van der Waals surface area (Å²) in [6, 6.07) is 13.6. The predicted octanol–water partition coefficient (Wildman–Crippen LogP) is -0.197. The number of nitrogens with zero attached hydrogens (tertiary/aromatic N) is 3. The van der Waals surface area contributed by atoms with Crippen molar-refractivity contribution in [2.24, 2.45) is 5.92 Å². The van der Waals surface area contributed by atoms with Crippen molar-refractivity contribution in [3.8, 4) is 33.8 Å². The number of aliphatic hydroxyl groups is 7. The number of amides is 7. The fraction of sp³-hybridized carbons (Fsp3) is 0.508. The fourth-order valence-electron chi connectivity index (χ4n) is 10.5. The number of phenolic OH excluding ortho intramolecular Hbond substituents is 1. The number of benzene rings is 4. The molecule has 88 heavy (non-hydrogen) atoms. The minimum atomic E-state index is -3.49. The summed E-state index contributed by atoms with van der Waals surface area (Å²) in [6.07, 6.45) is -14.8. The zero-order valence-corrected chi connectivity index (χ0v) is 50.1. The number of hydrogen-bond donors (Lipinski definition) is 13. The standard InChI is InChI=1S/C63H84N8O17/c1-8-9-10-28-87-45-25-21-40(22-26-45)38-13-11-37(12-14-38)39-15-17-42(18-16-39)56(80)64-46-31-48(76)61(88-29-27-71(5,6)7)68-60(84)52-53(77)34(2)32-70(52)63(86)50(36(4)73)66-59(83)51(55(79)54(78)41-19-23-43(74)24-20-41)67-58(82)47-30-44(75)33-69(47)62(85)49(35(3)72)65-57(46)81/h11-26,34-36,44,46-55,61,72-73,75-79H,8-10,27-33H2,1-7H3,(H5-,64,65,66,67,68,74,80,81,82,83,84)/p+1/t34-,35+,36+,44+,46-,47-,48+,49-,50-,51-,52-,53-,54-,55-,61+/m0/s1/i27D2,29D2. The van der Waals surface area contributed by atoms with Crippen molar-refractivity contribution in [1.82, 2.24) is 36.4 Å². The van der Waals surface area contributed by atoms with Crippen LogP contribution in [0.2, 0.25) is 0 Å². The molecule has 0 saturated carbocycles. The molecular weight excluding hydrogens is 1140 g/mol. The van der Waals surface area contributed by atoms with Crippen molar-refractivity contribution in [3.05, 3.63) is 108 Å². The summed E-state index contributed by atoms with van der Waals surface area (Å²) < 4.78 is 46.3. The van der Waals surface area contributed by atoms with Gasteiger partial charge in [0.15, 0.2) is 6.23 Å². The normalized spacial score (nSPS) is 27.7. The highest BCUT2D eigenvalue weighted by molar-refractivity contribution is 6.00. The van der Waals surface area contributed by atoms with Crippen molar-refractivity contribution in [1.29, 1.82) is 0 Å². The van der Waals surface area contributed by atoms with E-state index >= 15 is 0 Å². The molecule has 4 aromatic carbocycles. The summed E-state index contributed by atoms with van der Waals surface area (Å²) in [4.78, 5) is 104. The third-order valence-corrected chi connectivity index (χ3v) is 15.6. The summed E-state index contributed by atoms with van der Waals surface area (Å²) in [5.41, 5.74) is 3.10. The Morgan fingerprint density at radius 1 is 0.682 bits per heavy atom. The van der Waals surface area contributed by atoms with Gasteiger partial charge in [-0.2, -0.15) is 0 Å². The van der Waals surface area contributed by atoms with Gasteiger partial charge >= 0.3 is 0 Å². The van der Waals surface area contributed by atoms with Gasteiger partial charge in [0.1, 0.15) is 72.6 Å². The maximum atomic E-state index is 14.9. The predicted molar refractivity (Wildman–Crippen MR) is 320 cm³/mol. The molecule has 478 valence electrons. The van der Waals surface area contributed by atoms with E-state index in [1.54, 1.807) is 12.1 Å². The highest BCUT2D eigenvalue weighted by atomic mass is 16.5. The van der Waals surface area contributed by atoms with E-state index in [0.717, 1.165) is 77.5 Å². The number of rotatable bonds is 18. The lowest BCUT2D eigenvalue weighted by Crippen LogP contribution is -2.64. The Balaban J connectivity index is 1.28. The quantitative estimate of drug-likeness (QED) is 0.0453. The van der Waals surface area contributed by atoms with Gasteiger partial charge in [0.2, 0.25) is 35.4 Å². The van der Waals surface area contributed by atoms with Crippen LogP contribution in [0.25, 0.3) is 22.3 Å². The van der Waals surface area contributed by atoms with Gasteiger partial charge < -0.3 is 91.2 Å². The molecule has 0 spiro atoms. The molecule has 0 unspecified atom stereocenters. The van der Waals surface area contributed by atoms with E-state index in [1.165, 1.54) is 52.3 Å². The molecular formula is C63H85N8O17+. The summed E-state index contributed by atoms with van der Waals surface area (Å²) in [5.74, 6) is -9.47. The maximum absolute atomic E-state index is 14.9. The van der Waals surface area contributed by atoms with Gasteiger partial charge in [-0.15, -0.1) is 0 Å². The van der Waals surface area contributed by atoms with E-state index in [2.05, 4.69) is 33.5 Å². The lowest BCUT2D eigenvalue weighted by Gasteiger charge is -2.34. The van der Waals surface area contributed by atoms with E-state index in [-0.39, 0.29) is 16.9 Å². The Labute approximate surface area is 516 Å². The van der Waals surface area contributed by atoms with Crippen LogP contribution in [0.5, 0.6) is 11.5 Å². The summed E-state index contributed by atoms with van der Waals surface area (Å²) >= 11 is 0. The van der Waals surface area contributed by atoms with Crippen molar-refractivity contribution in [2.45, 2.75) is 145 Å². The molecule has 3 aliphatic heterocycles. The molecule has 7 amide bonds. The maximum Gasteiger partial charge on any atom is 0.251 e. The number of fused-ring (bicyclic) bond motifs is 2. The molecule has 0 aromatic heterocycles. The molecule has 15 atom stereocenters. The lowest BCUT2D eigenvalue weighted by molar-refractivity contribution is -0.870. The molecule has 3 heterocycles. The van der Waals surface area contributed by atoms with Crippen molar-refractivity contribution in [3.63, 3.8) is 0 Å². The largest absolute Gasteiger partial charge is 0.508 e. The number of likely N-dealkylation sites (N-methyl/N-ethyl adjacent to an activating group) is 1. The van der Waals surface area contributed by atoms with Gasteiger partial charge in [-0.05, 0) is 84.5 Å². The number of carbonyl (C=O) groups is 7. The van der Waals surface area contributed by atoms with Gasteiger partial charge in [-0.1, -0.05) is 87.4 Å². The van der Waals surface area contributed by atoms with Crippen LogP contribution in [-0.4, -0.2) is 229 Å². The third-order valence-electron chi connectivity index (χ3n) is 15.6. The topological polar surface area (TPSA) is 366 Å². The number of aliphatic hydroxyl groups excluding tert-OH is 7. The first-order chi connectivity index (χ1) is 43.1. The van der Waals surface area contributed by atoms with Crippen LogP contribution < -0.4 is 31.3 Å². The second-order valence-electron chi connectivity index (χ2n) is 23.6. The molecule has 3 fully saturated rings. The molecule has 25 heteroatoms. The second-order valence-corrected chi connectivity index (χ2v) is 23.6. The van der Waals surface area contributed by atoms with Crippen LogP contribution >= 0.6 is 0 Å². The van der Waals surface area contributed by atoms with Crippen LogP contribution in [0, 0.1) is 5.92 Å². The second kappa shape index (κ2) is 30.1.